The van der Waals surface area contributed by atoms with Crippen molar-refractivity contribution in [2.24, 2.45) is 4.40 Å². The first-order valence-electron chi connectivity index (χ1n) is 5.73. The van der Waals surface area contributed by atoms with Gasteiger partial charge in [-0.25, -0.2) is 0 Å². The lowest BCUT2D eigenvalue weighted by molar-refractivity contribution is -0.113. The summed E-state index contributed by atoms with van der Waals surface area (Å²) in [5, 5.41) is 0. The zero-order chi connectivity index (χ0) is 14.9. The molecule has 0 aromatic heterocycles. The lowest BCUT2D eigenvalue weighted by Crippen LogP contribution is -2.35. The van der Waals surface area contributed by atoms with Crippen LogP contribution in [0, 0.1) is 0 Å². The molecule has 0 spiro atoms. The predicted molar refractivity (Wildman–Crippen MR) is 85.3 cm³/mol. The third-order valence-electron chi connectivity index (χ3n) is 2.81. The zero-order valence-corrected chi connectivity index (χ0v) is 14.4. The number of benzene rings is 1. The summed E-state index contributed by atoms with van der Waals surface area (Å²) < 4.78 is 28.4. The van der Waals surface area contributed by atoms with Gasteiger partial charge in [-0.05, 0) is 30.7 Å². The molecule has 106 valence electrons. The third kappa shape index (κ3) is 3.10. The van der Waals surface area contributed by atoms with Crippen LogP contribution in [0.2, 0.25) is 0 Å². The second-order valence-corrected chi connectivity index (χ2v) is 7.88. The van der Waals surface area contributed by atoms with Gasteiger partial charge in [-0.15, -0.1) is 0 Å². The van der Waals surface area contributed by atoms with E-state index < -0.39 is 19.7 Å². The number of allylic oxidation sites excluding steroid dienone is 2. The largest absolute Gasteiger partial charge is 0.294 e. The third-order valence-corrected chi connectivity index (χ3v) is 6.77. The standard InChI is InChI=1S/C13H11Br2NO3S/c1-8-7-10(17)11(14)12(15)13(8)16-20(18,19)9-5-3-2-4-6-9/h2-7,11-12H,1H3/t11-,12+/m0/s1. The van der Waals surface area contributed by atoms with E-state index in [1.807, 2.05) is 0 Å². The first-order valence-corrected chi connectivity index (χ1v) is 9.00. The number of ketones is 1. The SMILES string of the molecule is CC1=CC(=O)[C@H](Br)[C@@H](Br)C1=NS(=O)(=O)c1ccccc1. The topological polar surface area (TPSA) is 63.6 Å². The van der Waals surface area contributed by atoms with E-state index in [9.17, 15) is 13.2 Å². The van der Waals surface area contributed by atoms with Crippen LogP contribution in [0.4, 0.5) is 0 Å². The number of hydrogen-bond donors (Lipinski definition) is 0. The van der Waals surface area contributed by atoms with Crippen molar-refractivity contribution in [2.45, 2.75) is 21.5 Å². The average molecular weight is 421 g/mol. The van der Waals surface area contributed by atoms with Crippen LogP contribution in [0.25, 0.3) is 0 Å². The van der Waals surface area contributed by atoms with Gasteiger partial charge in [0.25, 0.3) is 10.0 Å². The van der Waals surface area contributed by atoms with E-state index in [1.165, 1.54) is 18.2 Å². The highest BCUT2D eigenvalue weighted by molar-refractivity contribution is 9.12. The zero-order valence-electron chi connectivity index (χ0n) is 10.5. The van der Waals surface area contributed by atoms with Gasteiger partial charge in [0.2, 0.25) is 0 Å². The van der Waals surface area contributed by atoms with Crippen molar-refractivity contribution in [3.05, 3.63) is 42.0 Å². The van der Waals surface area contributed by atoms with Crippen molar-refractivity contribution >= 4 is 53.4 Å². The van der Waals surface area contributed by atoms with Crippen LogP contribution in [0.3, 0.4) is 0 Å². The van der Waals surface area contributed by atoms with Gasteiger partial charge in [-0.1, -0.05) is 50.1 Å². The Kier molecular flexibility index (Phi) is 4.61. The highest BCUT2D eigenvalue weighted by atomic mass is 79.9. The number of sulfonamides is 1. The molecule has 0 fully saturated rings. The summed E-state index contributed by atoms with van der Waals surface area (Å²) in [4.78, 5) is 10.8. The van der Waals surface area contributed by atoms with E-state index in [1.54, 1.807) is 25.1 Å². The number of halogens is 2. The van der Waals surface area contributed by atoms with Crippen molar-refractivity contribution < 1.29 is 13.2 Å². The highest BCUT2D eigenvalue weighted by Gasteiger charge is 2.33. The summed E-state index contributed by atoms with van der Waals surface area (Å²) in [6, 6.07) is 7.99. The predicted octanol–water partition coefficient (Wildman–Crippen LogP) is 2.87. The molecule has 0 saturated carbocycles. The number of nitrogens with zero attached hydrogens (tertiary/aromatic N) is 1. The molecule has 4 nitrogen and oxygen atoms in total. The molecular weight excluding hydrogens is 410 g/mol. The fourth-order valence-electron chi connectivity index (χ4n) is 1.76. The van der Waals surface area contributed by atoms with Crippen molar-refractivity contribution in [3.8, 4) is 0 Å². The van der Waals surface area contributed by atoms with Crippen molar-refractivity contribution in [3.63, 3.8) is 0 Å². The van der Waals surface area contributed by atoms with Crippen LogP contribution < -0.4 is 0 Å². The molecule has 1 aromatic carbocycles. The van der Waals surface area contributed by atoms with Crippen LogP contribution in [0.15, 0.2) is 51.3 Å². The quantitative estimate of drug-likeness (QED) is 0.691. The summed E-state index contributed by atoms with van der Waals surface area (Å²) in [5.74, 6) is -0.111. The normalized spacial score (nSPS) is 25.6. The van der Waals surface area contributed by atoms with Gasteiger partial charge in [-0.2, -0.15) is 12.8 Å². The second-order valence-electron chi connectivity index (χ2n) is 4.30. The number of hydrogen-bond acceptors (Lipinski definition) is 3. The van der Waals surface area contributed by atoms with E-state index in [0.29, 0.717) is 11.3 Å². The maximum absolute atomic E-state index is 12.2. The van der Waals surface area contributed by atoms with Crippen molar-refractivity contribution in [1.29, 1.82) is 0 Å². The maximum Gasteiger partial charge on any atom is 0.282 e. The molecule has 0 N–H and O–H groups in total. The first kappa shape index (κ1) is 15.6. The average Bonchev–Trinajstić information content (AvgIpc) is 2.42. The molecule has 0 heterocycles. The lowest BCUT2D eigenvalue weighted by atomic mass is 9.98. The van der Waals surface area contributed by atoms with Gasteiger partial charge >= 0.3 is 0 Å². The molecule has 0 amide bonds. The fraction of sp³-hybridized carbons (Fsp3) is 0.231. The van der Waals surface area contributed by atoms with E-state index in [2.05, 4.69) is 36.3 Å². The van der Waals surface area contributed by atoms with E-state index in [-0.39, 0.29) is 10.7 Å². The van der Waals surface area contributed by atoms with Crippen LogP contribution >= 0.6 is 31.9 Å². The Morgan fingerprint density at radius 3 is 2.30 bits per heavy atom. The summed E-state index contributed by atoms with van der Waals surface area (Å²) >= 11 is 6.56. The van der Waals surface area contributed by atoms with Gasteiger partial charge in [-0.3, -0.25) is 4.79 Å². The molecule has 0 saturated heterocycles. The van der Waals surface area contributed by atoms with Gasteiger partial charge in [0.15, 0.2) is 5.78 Å². The Morgan fingerprint density at radius 2 is 1.70 bits per heavy atom. The van der Waals surface area contributed by atoms with Crippen molar-refractivity contribution in [1.82, 2.24) is 0 Å². The number of alkyl halides is 2. The second kappa shape index (κ2) is 5.91. The summed E-state index contributed by atoms with van der Waals surface area (Å²) in [7, 11) is -3.78. The van der Waals surface area contributed by atoms with E-state index in [0.717, 1.165) is 0 Å². The molecule has 0 bridgehead atoms. The summed E-state index contributed by atoms with van der Waals surface area (Å²) in [6.07, 6.45) is 1.40. The molecule has 1 aliphatic rings. The number of rotatable bonds is 2. The molecule has 2 atom stereocenters. The molecule has 7 heteroatoms. The molecule has 0 radical (unpaired) electrons. The van der Waals surface area contributed by atoms with Crippen LogP contribution in [-0.2, 0) is 14.8 Å². The highest BCUT2D eigenvalue weighted by Crippen LogP contribution is 2.27. The molecule has 20 heavy (non-hydrogen) atoms. The smallest absolute Gasteiger partial charge is 0.282 e. The van der Waals surface area contributed by atoms with Crippen LogP contribution in [-0.4, -0.2) is 29.6 Å². The van der Waals surface area contributed by atoms with Gasteiger partial charge in [0, 0.05) is 0 Å². The minimum Gasteiger partial charge on any atom is -0.294 e. The van der Waals surface area contributed by atoms with Gasteiger partial charge in [0.1, 0.15) is 0 Å². The molecular formula is C13H11Br2NO3S. The molecule has 1 aromatic rings. The molecule has 0 aliphatic heterocycles. The Hall–Kier alpha value is -0.790. The first-order chi connectivity index (χ1) is 9.33. The van der Waals surface area contributed by atoms with Crippen LogP contribution in [0.5, 0.6) is 0 Å². The molecule has 2 rings (SSSR count). The minimum absolute atomic E-state index is 0.111. The Morgan fingerprint density at radius 1 is 1.10 bits per heavy atom. The van der Waals surface area contributed by atoms with Crippen molar-refractivity contribution in [2.75, 3.05) is 0 Å². The van der Waals surface area contributed by atoms with Gasteiger partial charge < -0.3 is 0 Å². The lowest BCUT2D eigenvalue weighted by Gasteiger charge is -2.22. The van der Waals surface area contributed by atoms with E-state index in [4.69, 9.17) is 0 Å². The summed E-state index contributed by atoms with van der Waals surface area (Å²) in [6.45, 7) is 1.67. The van der Waals surface area contributed by atoms with Crippen LogP contribution in [0.1, 0.15) is 6.92 Å². The Balaban J connectivity index is 2.50. The van der Waals surface area contributed by atoms with E-state index >= 15 is 0 Å². The maximum atomic E-state index is 12.2. The monoisotopic (exact) mass is 419 g/mol. The fourth-order valence-corrected chi connectivity index (χ4v) is 4.13. The Bertz CT molecular complexity index is 696. The molecule has 1 aliphatic carbocycles. The summed E-state index contributed by atoms with van der Waals surface area (Å²) in [5.41, 5.74) is 0.891. The Labute approximate surface area is 134 Å². The molecule has 0 unspecified atom stereocenters. The van der Waals surface area contributed by atoms with Gasteiger partial charge in [0.05, 0.1) is 20.3 Å². The number of carbonyl (C=O) groups is 1. The number of carbonyl (C=O) groups excluding carboxylic acids is 1. The minimum atomic E-state index is -3.78.